The Hall–Kier alpha value is -6.77. The van der Waals surface area contributed by atoms with E-state index in [1.807, 2.05) is 89.5 Å². The predicted molar refractivity (Wildman–Crippen MR) is 271 cm³/mol. The number of benzene rings is 4. The molecule has 356 valence electrons. The van der Waals surface area contributed by atoms with Crippen molar-refractivity contribution >= 4 is 75.1 Å². The van der Waals surface area contributed by atoms with Gasteiger partial charge in [-0.25, -0.2) is 0 Å². The van der Waals surface area contributed by atoms with E-state index in [4.69, 9.17) is 32.0 Å². The number of halogens is 2. The van der Waals surface area contributed by atoms with Gasteiger partial charge in [0, 0.05) is 101 Å². The van der Waals surface area contributed by atoms with E-state index >= 15 is 0 Å². The van der Waals surface area contributed by atoms with Crippen molar-refractivity contribution in [1.29, 1.82) is 0 Å². The normalized spacial score (nSPS) is 16.7. The number of hydrogen-bond donors (Lipinski definition) is 2. The number of anilines is 2. The van der Waals surface area contributed by atoms with Crippen LogP contribution in [0.15, 0.2) is 118 Å². The number of carbonyl (C=O) groups is 5. The van der Waals surface area contributed by atoms with E-state index in [2.05, 4.69) is 34.5 Å². The highest BCUT2D eigenvalue weighted by atomic mass is 35.5. The fourth-order valence-corrected chi connectivity index (χ4v) is 9.05. The van der Waals surface area contributed by atoms with Crippen LogP contribution in [0.5, 0.6) is 0 Å². The first-order valence-corrected chi connectivity index (χ1v) is 23.7. The van der Waals surface area contributed by atoms with Gasteiger partial charge in [-0.3, -0.25) is 24.0 Å². The van der Waals surface area contributed by atoms with Crippen LogP contribution in [0.4, 0.5) is 11.4 Å². The monoisotopic (exact) mass is 968 g/mol. The van der Waals surface area contributed by atoms with Gasteiger partial charge in [-0.2, -0.15) is 0 Å². The van der Waals surface area contributed by atoms with E-state index in [1.54, 1.807) is 36.4 Å². The van der Waals surface area contributed by atoms with E-state index in [9.17, 15) is 24.0 Å². The molecule has 6 heterocycles. The van der Waals surface area contributed by atoms with E-state index in [-0.39, 0.29) is 29.4 Å². The molecule has 4 aliphatic heterocycles. The molecule has 0 spiro atoms. The highest BCUT2D eigenvalue weighted by Gasteiger charge is 2.28. The van der Waals surface area contributed by atoms with Crippen molar-refractivity contribution in [3.05, 3.63) is 153 Å². The maximum atomic E-state index is 13.1. The minimum Gasteiger partial charge on any atom is -0.456 e. The molecule has 15 heteroatoms. The maximum absolute atomic E-state index is 13.1. The number of carbonyl (C=O) groups excluding carboxylic acids is 5. The second-order valence-corrected chi connectivity index (χ2v) is 18.5. The fraction of sp³-hybridized carbons (Fsp3) is 0.278. The molecule has 0 saturated carbocycles. The number of amides is 4. The Kier molecular flexibility index (Phi) is 15.3. The summed E-state index contributed by atoms with van der Waals surface area (Å²) in [6.45, 7) is 10.1. The first-order chi connectivity index (χ1) is 33.2. The molecule has 2 N–H and O–H groups in total. The Morgan fingerprint density at radius 1 is 0.565 bits per heavy atom. The smallest absolute Gasteiger partial charge is 0.256 e. The molecule has 6 aromatic rings. The number of Topliss-reactive ketones (excluding diaryl/α,β-unsaturated/α-hetero) is 1. The van der Waals surface area contributed by atoms with Gasteiger partial charge in [0.2, 0.25) is 5.91 Å². The summed E-state index contributed by atoms with van der Waals surface area (Å²) in [6, 6.07) is 32.8. The van der Waals surface area contributed by atoms with Gasteiger partial charge in [0.25, 0.3) is 17.7 Å². The molecule has 0 radical (unpaired) electrons. The third-order valence-corrected chi connectivity index (χ3v) is 13.0. The van der Waals surface area contributed by atoms with Gasteiger partial charge in [-0.15, -0.1) is 0 Å². The topological polar surface area (TPSA) is 149 Å². The van der Waals surface area contributed by atoms with Gasteiger partial charge in [0.05, 0.1) is 12.0 Å². The van der Waals surface area contributed by atoms with Gasteiger partial charge in [-0.1, -0.05) is 47.5 Å². The summed E-state index contributed by atoms with van der Waals surface area (Å²) in [5.74, 6) is 2.02. The van der Waals surface area contributed by atoms with Crippen molar-refractivity contribution in [3.63, 3.8) is 0 Å². The summed E-state index contributed by atoms with van der Waals surface area (Å²) >= 11 is 11.9. The van der Waals surface area contributed by atoms with Gasteiger partial charge in [0.1, 0.15) is 17.3 Å². The zero-order valence-corrected chi connectivity index (χ0v) is 40.6. The molecule has 69 heavy (non-hydrogen) atoms. The number of fused-ring (bicyclic) bond motifs is 2. The van der Waals surface area contributed by atoms with Crippen LogP contribution in [-0.4, -0.2) is 115 Å². The maximum Gasteiger partial charge on any atom is 0.256 e. The van der Waals surface area contributed by atoms with Crippen molar-refractivity contribution in [2.45, 2.75) is 33.1 Å². The minimum atomic E-state index is -0.177. The van der Waals surface area contributed by atoms with E-state index in [0.29, 0.717) is 56.2 Å². The number of furan rings is 2. The summed E-state index contributed by atoms with van der Waals surface area (Å²) in [4.78, 5) is 69.1. The SMILES string of the molecule is C/C(=C1\C(=O)Nc2ccc(Cl)cc21)c1ccc(-c2cccc(C(=O)N3CCCN(C)CC3)c2)o1.CC(=O)c1ccc(-c2cccc(C(=O)N3CCCN(C)CC3)c2)o1.O=C1Cc2cc(Cl)ccc2N1. The highest BCUT2D eigenvalue weighted by Crippen LogP contribution is 2.39. The second-order valence-electron chi connectivity index (χ2n) is 17.6. The lowest BCUT2D eigenvalue weighted by Crippen LogP contribution is -2.34. The van der Waals surface area contributed by atoms with Crippen LogP contribution >= 0.6 is 23.2 Å². The first kappa shape index (κ1) is 48.7. The quantitative estimate of drug-likeness (QED) is 0.123. The molecule has 2 fully saturated rings. The summed E-state index contributed by atoms with van der Waals surface area (Å²) in [5.41, 5.74) is 7.58. The molecule has 13 nitrogen and oxygen atoms in total. The van der Waals surface area contributed by atoms with Crippen molar-refractivity contribution in [1.82, 2.24) is 19.6 Å². The minimum absolute atomic E-state index is 0.0401. The summed E-state index contributed by atoms with van der Waals surface area (Å²) in [6.07, 6.45) is 2.41. The Bertz CT molecular complexity index is 2960. The molecule has 2 saturated heterocycles. The van der Waals surface area contributed by atoms with Crippen LogP contribution in [0.1, 0.15) is 74.8 Å². The standard InChI is InChI=1S/C27H26ClN3O3.C19H22N2O3.C8H6ClNO/c1-17(25-21-16-20(28)7-8-22(21)29-26(25)32)23-9-10-24(34-23)18-5-3-6-19(15-18)27(33)31-12-4-11-30(2)13-14-31;1-14(22)17-7-8-18(24-17)15-5-3-6-16(13-15)19(23)21-10-4-9-20(2)11-12-21;9-6-1-2-7-5(3-6)4-8(11)10-7/h3,5-10,15-16H,4,11-14H2,1-2H3,(H,29,32);3,5-8,13H,4,9-12H2,1-2H3;1-3H,4H2,(H,10,11)/b25-17+;;. The zero-order chi connectivity index (χ0) is 48.8. The molecule has 4 aromatic carbocycles. The first-order valence-electron chi connectivity index (χ1n) is 23.0. The summed E-state index contributed by atoms with van der Waals surface area (Å²) in [5, 5.41) is 6.86. The lowest BCUT2D eigenvalue weighted by molar-refractivity contribution is -0.115. The van der Waals surface area contributed by atoms with Crippen LogP contribution in [0.3, 0.4) is 0 Å². The van der Waals surface area contributed by atoms with E-state index < -0.39 is 0 Å². The van der Waals surface area contributed by atoms with Gasteiger partial charge >= 0.3 is 0 Å². The number of allylic oxidation sites excluding steroid dienone is 1. The number of hydrogen-bond acceptors (Lipinski definition) is 9. The van der Waals surface area contributed by atoms with Gasteiger partial charge in [-0.05, 0) is 137 Å². The molecule has 4 aliphatic rings. The van der Waals surface area contributed by atoms with Crippen LogP contribution in [0.25, 0.3) is 33.8 Å². The largest absolute Gasteiger partial charge is 0.456 e. The number of nitrogens with zero attached hydrogens (tertiary/aromatic N) is 4. The number of ketones is 1. The number of rotatable bonds is 6. The predicted octanol–water partition coefficient (Wildman–Crippen LogP) is 10.0. The molecular formula is C54H54Cl2N6O7. The fourth-order valence-electron chi connectivity index (χ4n) is 8.68. The molecule has 0 unspecified atom stereocenters. The van der Waals surface area contributed by atoms with Gasteiger partial charge < -0.3 is 39.1 Å². The third-order valence-electron chi connectivity index (χ3n) is 12.5. The molecule has 4 amide bonds. The average molecular weight is 970 g/mol. The summed E-state index contributed by atoms with van der Waals surface area (Å²) in [7, 11) is 4.17. The number of likely N-dealkylation sites (N-methyl/N-ethyl adjacent to an activating group) is 2. The third kappa shape index (κ3) is 11.7. The Labute approximate surface area is 411 Å². The van der Waals surface area contributed by atoms with E-state index in [1.165, 1.54) is 6.92 Å². The van der Waals surface area contributed by atoms with E-state index in [0.717, 1.165) is 104 Å². The molecule has 0 atom stereocenters. The van der Waals surface area contributed by atoms with Crippen molar-refractivity contribution in [2.75, 3.05) is 77.1 Å². The Morgan fingerprint density at radius 3 is 1.67 bits per heavy atom. The second kappa shape index (κ2) is 21.7. The molecular weight excluding hydrogens is 916 g/mol. The molecule has 10 rings (SSSR count). The van der Waals surface area contributed by atoms with Crippen LogP contribution in [0.2, 0.25) is 10.0 Å². The number of nitrogens with one attached hydrogen (secondary N) is 2. The van der Waals surface area contributed by atoms with Crippen molar-refractivity contribution in [3.8, 4) is 22.6 Å². The highest BCUT2D eigenvalue weighted by molar-refractivity contribution is 6.38. The average Bonchev–Trinajstić information content (AvgIpc) is 4.12. The molecule has 0 bridgehead atoms. The Balaban J connectivity index is 0.000000158. The van der Waals surface area contributed by atoms with Gasteiger partial charge in [0.15, 0.2) is 11.5 Å². The molecule has 0 aliphatic carbocycles. The van der Waals surface area contributed by atoms with Crippen molar-refractivity contribution < 1.29 is 32.8 Å². The van der Waals surface area contributed by atoms with Crippen LogP contribution in [0, 0.1) is 0 Å². The zero-order valence-electron chi connectivity index (χ0n) is 39.1. The lowest BCUT2D eigenvalue weighted by atomic mass is 10.0. The van der Waals surface area contributed by atoms with Crippen LogP contribution in [-0.2, 0) is 16.0 Å². The Morgan fingerprint density at radius 2 is 1.10 bits per heavy atom. The van der Waals surface area contributed by atoms with Crippen molar-refractivity contribution in [2.24, 2.45) is 0 Å². The summed E-state index contributed by atoms with van der Waals surface area (Å²) < 4.78 is 11.7. The lowest BCUT2D eigenvalue weighted by Gasteiger charge is -2.20. The molecule has 2 aromatic heterocycles. The van der Waals surface area contributed by atoms with Crippen LogP contribution < -0.4 is 10.6 Å².